The van der Waals surface area contributed by atoms with Gasteiger partial charge in [-0.3, -0.25) is 0 Å². The molecule has 1 aromatic heterocycles. The largest absolute Gasteiger partial charge is 0.475 e. The molecule has 0 amide bonds. The first-order chi connectivity index (χ1) is 9.97. The van der Waals surface area contributed by atoms with E-state index in [9.17, 15) is 9.90 Å². The quantitative estimate of drug-likeness (QED) is 0.719. The summed E-state index contributed by atoms with van der Waals surface area (Å²) >= 11 is 5.90. The van der Waals surface area contributed by atoms with E-state index in [1.807, 2.05) is 38.1 Å². The molecule has 0 radical (unpaired) electrons. The third-order valence-electron chi connectivity index (χ3n) is 3.46. The highest BCUT2D eigenvalue weighted by atomic mass is 35.5. The van der Waals surface area contributed by atoms with Crippen LogP contribution in [0.15, 0.2) is 40.8 Å². The van der Waals surface area contributed by atoms with E-state index in [1.165, 1.54) is 0 Å². The highest BCUT2D eigenvalue weighted by Crippen LogP contribution is 2.36. The van der Waals surface area contributed by atoms with E-state index in [2.05, 4.69) is 0 Å². The molecular formula is C17H13ClO3. The molecule has 3 rings (SSSR count). The molecule has 0 saturated carbocycles. The van der Waals surface area contributed by atoms with Gasteiger partial charge in [-0.1, -0.05) is 23.2 Å². The van der Waals surface area contributed by atoms with Gasteiger partial charge >= 0.3 is 5.97 Å². The SMILES string of the molecule is Cc1cc(C)c2c(C(=O)O)oc(-c3ccc(Cl)cc3)c2c1. The van der Waals surface area contributed by atoms with E-state index >= 15 is 0 Å². The lowest BCUT2D eigenvalue weighted by molar-refractivity contribution is 0.0666. The standard InChI is InChI=1S/C17H13ClO3/c1-9-7-10(2)14-13(8-9)15(21-16(14)17(19)20)11-3-5-12(18)6-4-11/h3-8H,1-2H3,(H,19,20). The highest BCUT2D eigenvalue weighted by Gasteiger charge is 2.21. The van der Waals surface area contributed by atoms with E-state index in [0.717, 1.165) is 22.1 Å². The Balaban J connectivity index is 2.37. The number of aryl methyl sites for hydroxylation is 2. The average molecular weight is 301 g/mol. The molecule has 0 atom stereocenters. The topological polar surface area (TPSA) is 50.4 Å². The lowest BCUT2D eigenvalue weighted by atomic mass is 10.0. The fourth-order valence-electron chi connectivity index (χ4n) is 2.62. The van der Waals surface area contributed by atoms with E-state index in [-0.39, 0.29) is 5.76 Å². The van der Waals surface area contributed by atoms with Gasteiger partial charge in [-0.15, -0.1) is 0 Å². The van der Waals surface area contributed by atoms with Crippen molar-refractivity contribution in [1.82, 2.24) is 0 Å². The summed E-state index contributed by atoms with van der Waals surface area (Å²) in [6.07, 6.45) is 0. The molecule has 0 aliphatic carbocycles. The first kappa shape index (κ1) is 13.7. The molecule has 1 N–H and O–H groups in total. The van der Waals surface area contributed by atoms with Gasteiger partial charge in [0.25, 0.3) is 0 Å². The van der Waals surface area contributed by atoms with Gasteiger partial charge in [0.15, 0.2) is 0 Å². The van der Waals surface area contributed by atoms with Gasteiger partial charge in [-0.05, 0) is 49.7 Å². The van der Waals surface area contributed by atoms with Gasteiger partial charge in [0.1, 0.15) is 5.76 Å². The molecular weight excluding hydrogens is 288 g/mol. The van der Waals surface area contributed by atoms with Crippen molar-refractivity contribution in [2.75, 3.05) is 0 Å². The Labute approximate surface area is 126 Å². The second kappa shape index (κ2) is 4.93. The molecule has 0 spiro atoms. The van der Waals surface area contributed by atoms with Crippen molar-refractivity contribution in [2.24, 2.45) is 0 Å². The molecule has 2 aromatic carbocycles. The van der Waals surface area contributed by atoms with Crippen molar-refractivity contribution >= 4 is 28.3 Å². The van der Waals surface area contributed by atoms with Crippen LogP contribution in [0.2, 0.25) is 5.02 Å². The van der Waals surface area contributed by atoms with Crippen molar-refractivity contribution in [3.8, 4) is 11.3 Å². The van der Waals surface area contributed by atoms with Crippen LogP contribution in [-0.2, 0) is 0 Å². The number of halogens is 1. The van der Waals surface area contributed by atoms with Crippen LogP contribution < -0.4 is 0 Å². The van der Waals surface area contributed by atoms with Crippen LogP contribution >= 0.6 is 11.6 Å². The fourth-order valence-corrected chi connectivity index (χ4v) is 2.75. The van der Waals surface area contributed by atoms with Crippen molar-refractivity contribution in [3.63, 3.8) is 0 Å². The summed E-state index contributed by atoms with van der Waals surface area (Å²) in [5, 5.41) is 11.5. The molecule has 0 fully saturated rings. The molecule has 21 heavy (non-hydrogen) atoms. The van der Waals surface area contributed by atoms with Gasteiger partial charge in [0, 0.05) is 21.4 Å². The minimum atomic E-state index is -1.06. The van der Waals surface area contributed by atoms with Crippen molar-refractivity contribution in [3.05, 3.63) is 58.3 Å². The zero-order valence-electron chi connectivity index (χ0n) is 11.6. The van der Waals surface area contributed by atoms with Crippen LogP contribution in [0, 0.1) is 13.8 Å². The molecule has 3 nitrogen and oxygen atoms in total. The van der Waals surface area contributed by atoms with E-state index in [1.54, 1.807) is 12.1 Å². The van der Waals surface area contributed by atoms with E-state index in [4.69, 9.17) is 16.0 Å². The van der Waals surface area contributed by atoms with Crippen LogP contribution in [0.4, 0.5) is 0 Å². The lowest BCUT2D eigenvalue weighted by Crippen LogP contribution is -1.94. The Morgan fingerprint density at radius 1 is 1.14 bits per heavy atom. The zero-order chi connectivity index (χ0) is 15.1. The van der Waals surface area contributed by atoms with Gasteiger partial charge in [0.2, 0.25) is 5.76 Å². The first-order valence-electron chi connectivity index (χ1n) is 6.50. The minimum absolute atomic E-state index is 0.0209. The van der Waals surface area contributed by atoms with E-state index in [0.29, 0.717) is 16.2 Å². The summed E-state index contributed by atoms with van der Waals surface area (Å²) in [4.78, 5) is 11.4. The number of hydrogen-bond donors (Lipinski definition) is 1. The molecule has 0 bridgehead atoms. The third-order valence-corrected chi connectivity index (χ3v) is 3.71. The van der Waals surface area contributed by atoms with Gasteiger partial charge < -0.3 is 9.52 Å². The van der Waals surface area contributed by atoms with Crippen LogP contribution in [0.1, 0.15) is 21.7 Å². The zero-order valence-corrected chi connectivity index (χ0v) is 12.4. The maximum Gasteiger partial charge on any atom is 0.372 e. The molecule has 4 heteroatoms. The summed E-state index contributed by atoms with van der Waals surface area (Å²) in [6, 6.07) is 11.1. The number of furan rings is 1. The summed E-state index contributed by atoms with van der Waals surface area (Å²) < 4.78 is 5.65. The minimum Gasteiger partial charge on any atom is -0.475 e. The second-order valence-corrected chi connectivity index (χ2v) is 5.51. The third kappa shape index (κ3) is 2.30. The summed E-state index contributed by atoms with van der Waals surface area (Å²) in [7, 11) is 0. The molecule has 106 valence electrons. The van der Waals surface area contributed by atoms with Crippen LogP contribution in [-0.4, -0.2) is 11.1 Å². The number of hydrogen-bond acceptors (Lipinski definition) is 2. The number of rotatable bonds is 2. The average Bonchev–Trinajstić information content (AvgIpc) is 2.79. The summed E-state index contributed by atoms with van der Waals surface area (Å²) in [5.41, 5.74) is 2.77. The van der Waals surface area contributed by atoms with Crippen LogP contribution in [0.25, 0.3) is 22.1 Å². The predicted molar refractivity (Wildman–Crippen MR) is 83.1 cm³/mol. The monoisotopic (exact) mass is 300 g/mol. The van der Waals surface area contributed by atoms with Crippen molar-refractivity contribution in [2.45, 2.75) is 13.8 Å². The van der Waals surface area contributed by atoms with E-state index < -0.39 is 5.97 Å². The first-order valence-corrected chi connectivity index (χ1v) is 6.88. The number of benzene rings is 2. The molecule has 0 saturated heterocycles. The number of fused-ring (bicyclic) bond motifs is 1. The fraction of sp³-hybridized carbons (Fsp3) is 0.118. The Hall–Kier alpha value is -2.26. The van der Waals surface area contributed by atoms with Crippen molar-refractivity contribution < 1.29 is 14.3 Å². The second-order valence-electron chi connectivity index (χ2n) is 5.08. The Kier molecular flexibility index (Phi) is 3.22. The Morgan fingerprint density at radius 3 is 2.43 bits per heavy atom. The lowest BCUT2D eigenvalue weighted by Gasteiger charge is -2.01. The molecule has 0 aliphatic rings. The Bertz CT molecular complexity index is 845. The van der Waals surface area contributed by atoms with Crippen LogP contribution in [0.5, 0.6) is 0 Å². The molecule has 0 aliphatic heterocycles. The van der Waals surface area contributed by atoms with Gasteiger partial charge in [-0.2, -0.15) is 0 Å². The maximum atomic E-state index is 11.4. The highest BCUT2D eigenvalue weighted by molar-refractivity contribution is 6.30. The van der Waals surface area contributed by atoms with Crippen molar-refractivity contribution in [1.29, 1.82) is 0 Å². The maximum absolute atomic E-state index is 11.4. The number of carbonyl (C=O) groups is 1. The predicted octanol–water partition coefficient (Wildman–Crippen LogP) is 5.07. The van der Waals surface area contributed by atoms with Crippen LogP contribution in [0.3, 0.4) is 0 Å². The summed E-state index contributed by atoms with van der Waals surface area (Å²) in [6.45, 7) is 3.87. The normalized spacial score (nSPS) is 11.0. The number of carboxylic acid groups (broad SMARTS) is 1. The Morgan fingerprint density at radius 2 is 1.81 bits per heavy atom. The summed E-state index contributed by atoms with van der Waals surface area (Å²) in [5.74, 6) is -0.523. The number of aromatic carboxylic acids is 1. The molecule has 0 unspecified atom stereocenters. The van der Waals surface area contributed by atoms with Gasteiger partial charge in [0.05, 0.1) is 0 Å². The smallest absolute Gasteiger partial charge is 0.372 e. The molecule has 3 aromatic rings. The number of carboxylic acids is 1. The molecule has 1 heterocycles. The van der Waals surface area contributed by atoms with Gasteiger partial charge in [-0.25, -0.2) is 4.79 Å².